The van der Waals surface area contributed by atoms with Gasteiger partial charge in [-0.2, -0.15) is 5.10 Å². The lowest BCUT2D eigenvalue weighted by Gasteiger charge is -2.23. The number of alkyl halides is 1. The molecule has 0 saturated carbocycles. The number of aromatic nitrogens is 2. The van der Waals surface area contributed by atoms with E-state index in [9.17, 15) is 4.39 Å². The van der Waals surface area contributed by atoms with Gasteiger partial charge in [0.1, 0.15) is 0 Å². The Labute approximate surface area is 91.6 Å². The number of nitrogens with two attached hydrogens (primary N) is 1. The molecule has 0 saturated heterocycles. The molecule has 2 N–H and O–H groups in total. The second-order valence-corrected chi connectivity index (χ2v) is 4.24. The first-order valence-electron chi connectivity index (χ1n) is 4.62. The van der Waals surface area contributed by atoms with E-state index < -0.39 is 5.67 Å². The summed E-state index contributed by atoms with van der Waals surface area (Å²) in [5.41, 5.74) is 4.54. The SMILES string of the molecule is CCCC(F)(CN)c1c(Br)cnn1C. The Morgan fingerprint density at radius 1 is 1.71 bits per heavy atom. The summed E-state index contributed by atoms with van der Waals surface area (Å²) in [7, 11) is 1.72. The third-order valence-corrected chi connectivity index (χ3v) is 2.87. The van der Waals surface area contributed by atoms with E-state index >= 15 is 0 Å². The minimum absolute atomic E-state index is 0.0149. The second-order valence-electron chi connectivity index (χ2n) is 3.38. The molecule has 1 heterocycles. The van der Waals surface area contributed by atoms with Crippen molar-refractivity contribution < 1.29 is 4.39 Å². The summed E-state index contributed by atoms with van der Waals surface area (Å²) >= 11 is 3.28. The largest absolute Gasteiger partial charge is 0.327 e. The van der Waals surface area contributed by atoms with Crippen LogP contribution in [0.15, 0.2) is 10.7 Å². The van der Waals surface area contributed by atoms with Crippen LogP contribution in [0.3, 0.4) is 0 Å². The highest BCUT2D eigenvalue weighted by molar-refractivity contribution is 9.10. The molecule has 1 unspecified atom stereocenters. The van der Waals surface area contributed by atoms with E-state index in [-0.39, 0.29) is 6.54 Å². The minimum Gasteiger partial charge on any atom is -0.327 e. The van der Waals surface area contributed by atoms with Crippen LogP contribution in [0.4, 0.5) is 4.39 Å². The Morgan fingerprint density at radius 3 is 2.71 bits per heavy atom. The molecule has 0 amide bonds. The van der Waals surface area contributed by atoms with Crippen LogP contribution in [-0.4, -0.2) is 16.3 Å². The highest BCUT2D eigenvalue weighted by Gasteiger charge is 2.34. The molecule has 80 valence electrons. The van der Waals surface area contributed by atoms with Crippen molar-refractivity contribution in [1.29, 1.82) is 0 Å². The summed E-state index contributed by atoms with van der Waals surface area (Å²) in [4.78, 5) is 0. The summed E-state index contributed by atoms with van der Waals surface area (Å²) < 4.78 is 16.6. The van der Waals surface area contributed by atoms with Crippen molar-refractivity contribution in [3.05, 3.63) is 16.4 Å². The average Bonchev–Trinajstić information content (AvgIpc) is 2.47. The molecule has 0 aromatic carbocycles. The predicted octanol–water partition coefficient (Wildman–Crippen LogP) is 2.11. The summed E-state index contributed by atoms with van der Waals surface area (Å²) in [6, 6.07) is 0. The van der Waals surface area contributed by atoms with Crippen LogP contribution in [0, 0.1) is 0 Å². The molecular formula is C9H15BrFN3. The zero-order valence-electron chi connectivity index (χ0n) is 8.43. The van der Waals surface area contributed by atoms with Gasteiger partial charge in [0.05, 0.1) is 16.4 Å². The number of hydrogen-bond acceptors (Lipinski definition) is 2. The monoisotopic (exact) mass is 263 g/mol. The van der Waals surface area contributed by atoms with Gasteiger partial charge >= 0.3 is 0 Å². The zero-order valence-corrected chi connectivity index (χ0v) is 10.0. The van der Waals surface area contributed by atoms with Gasteiger partial charge in [0.25, 0.3) is 0 Å². The average molecular weight is 264 g/mol. The Hall–Kier alpha value is -0.420. The molecule has 3 nitrogen and oxygen atoms in total. The van der Waals surface area contributed by atoms with Gasteiger partial charge in [-0.05, 0) is 22.4 Å². The quantitative estimate of drug-likeness (QED) is 0.905. The van der Waals surface area contributed by atoms with E-state index in [1.807, 2.05) is 6.92 Å². The molecule has 5 heteroatoms. The lowest BCUT2D eigenvalue weighted by molar-refractivity contribution is 0.146. The molecule has 1 aromatic heterocycles. The molecular weight excluding hydrogens is 249 g/mol. The fraction of sp³-hybridized carbons (Fsp3) is 0.667. The zero-order chi connectivity index (χ0) is 10.8. The number of hydrogen-bond donors (Lipinski definition) is 1. The van der Waals surface area contributed by atoms with Crippen molar-refractivity contribution in [2.24, 2.45) is 12.8 Å². The topological polar surface area (TPSA) is 43.8 Å². The predicted molar refractivity (Wildman–Crippen MR) is 57.7 cm³/mol. The fourth-order valence-electron chi connectivity index (χ4n) is 1.63. The Balaban J connectivity index is 3.11. The van der Waals surface area contributed by atoms with Crippen molar-refractivity contribution >= 4 is 15.9 Å². The number of nitrogens with zero attached hydrogens (tertiary/aromatic N) is 2. The normalized spacial score (nSPS) is 15.5. The summed E-state index contributed by atoms with van der Waals surface area (Å²) in [6.07, 6.45) is 2.77. The van der Waals surface area contributed by atoms with Crippen LogP contribution in [0.25, 0.3) is 0 Å². The van der Waals surface area contributed by atoms with E-state index in [0.29, 0.717) is 16.6 Å². The molecule has 0 aliphatic carbocycles. The van der Waals surface area contributed by atoms with Gasteiger partial charge in [-0.15, -0.1) is 0 Å². The molecule has 0 aliphatic heterocycles. The Bertz CT molecular complexity index is 294. The molecule has 0 spiro atoms. The molecule has 14 heavy (non-hydrogen) atoms. The van der Waals surface area contributed by atoms with Crippen LogP contribution in [-0.2, 0) is 12.7 Å². The first-order chi connectivity index (χ1) is 6.55. The maximum atomic E-state index is 14.4. The van der Waals surface area contributed by atoms with Crippen LogP contribution in [0.2, 0.25) is 0 Å². The molecule has 0 radical (unpaired) electrons. The maximum Gasteiger partial charge on any atom is 0.165 e. The second kappa shape index (κ2) is 4.40. The van der Waals surface area contributed by atoms with Gasteiger partial charge in [0.2, 0.25) is 0 Å². The Kier molecular flexibility index (Phi) is 3.66. The Morgan fingerprint density at radius 2 is 2.36 bits per heavy atom. The van der Waals surface area contributed by atoms with E-state index in [4.69, 9.17) is 5.73 Å². The minimum atomic E-state index is -1.47. The van der Waals surface area contributed by atoms with E-state index in [2.05, 4.69) is 21.0 Å². The van der Waals surface area contributed by atoms with Crippen molar-refractivity contribution in [3.63, 3.8) is 0 Å². The first kappa shape index (κ1) is 11.7. The van der Waals surface area contributed by atoms with Gasteiger partial charge in [-0.1, -0.05) is 13.3 Å². The van der Waals surface area contributed by atoms with Crippen molar-refractivity contribution in [2.75, 3.05) is 6.54 Å². The van der Waals surface area contributed by atoms with Crippen LogP contribution in [0.5, 0.6) is 0 Å². The summed E-state index contributed by atoms with van der Waals surface area (Å²) in [5.74, 6) is 0. The van der Waals surface area contributed by atoms with Crippen LogP contribution < -0.4 is 5.73 Å². The highest BCUT2D eigenvalue weighted by atomic mass is 79.9. The molecule has 1 atom stereocenters. The standard InChI is InChI=1S/C9H15BrFN3/c1-3-4-9(11,6-12)8-7(10)5-13-14(8)2/h5H,3-4,6,12H2,1-2H3. The third kappa shape index (κ3) is 1.98. The third-order valence-electron chi connectivity index (χ3n) is 2.29. The van der Waals surface area contributed by atoms with Gasteiger partial charge in [-0.25, -0.2) is 4.39 Å². The van der Waals surface area contributed by atoms with E-state index in [1.165, 1.54) is 4.68 Å². The molecule has 1 rings (SSSR count). The fourth-order valence-corrected chi connectivity index (χ4v) is 2.33. The van der Waals surface area contributed by atoms with Gasteiger partial charge in [0.15, 0.2) is 5.67 Å². The van der Waals surface area contributed by atoms with Crippen molar-refractivity contribution in [2.45, 2.75) is 25.4 Å². The van der Waals surface area contributed by atoms with Crippen LogP contribution in [0.1, 0.15) is 25.5 Å². The van der Waals surface area contributed by atoms with Crippen molar-refractivity contribution in [1.82, 2.24) is 9.78 Å². The number of aryl methyl sites for hydroxylation is 1. The number of halogens is 2. The lowest BCUT2D eigenvalue weighted by atomic mass is 9.96. The highest BCUT2D eigenvalue weighted by Crippen LogP contribution is 2.34. The molecule has 0 fully saturated rings. The first-order valence-corrected chi connectivity index (χ1v) is 5.41. The molecule has 1 aromatic rings. The molecule has 0 bridgehead atoms. The van der Waals surface area contributed by atoms with Gasteiger partial charge < -0.3 is 5.73 Å². The summed E-state index contributed by atoms with van der Waals surface area (Å²) in [5, 5.41) is 3.99. The van der Waals surface area contributed by atoms with Gasteiger partial charge in [-0.3, -0.25) is 4.68 Å². The van der Waals surface area contributed by atoms with Gasteiger partial charge in [0, 0.05) is 13.6 Å². The molecule has 0 aliphatic rings. The number of rotatable bonds is 4. The smallest absolute Gasteiger partial charge is 0.165 e. The van der Waals surface area contributed by atoms with Crippen LogP contribution >= 0.6 is 15.9 Å². The van der Waals surface area contributed by atoms with Crippen molar-refractivity contribution in [3.8, 4) is 0 Å². The maximum absolute atomic E-state index is 14.4. The summed E-state index contributed by atoms with van der Waals surface area (Å²) in [6.45, 7) is 1.92. The van der Waals surface area contributed by atoms with E-state index in [0.717, 1.165) is 6.42 Å². The van der Waals surface area contributed by atoms with E-state index in [1.54, 1.807) is 13.2 Å². The lowest BCUT2D eigenvalue weighted by Crippen LogP contribution is -2.32.